The van der Waals surface area contributed by atoms with E-state index in [9.17, 15) is 4.79 Å². The maximum absolute atomic E-state index is 11.9. The Labute approximate surface area is 164 Å². The van der Waals surface area contributed by atoms with Crippen LogP contribution >= 0.6 is 0 Å². The van der Waals surface area contributed by atoms with Crippen molar-refractivity contribution in [2.24, 2.45) is 10.2 Å². The number of anilines is 2. The van der Waals surface area contributed by atoms with Crippen LogP contribution in [0.3, 0.4) is 0 Å². The summed E-state index contributed by atoms with van der Waals surface area (Å²) < 4.78 is 5.05. The van der Waals surface area contributed by atoms with Gasteiger partial charge in [-0.25, -0.2) is 10.4 Å². The summed E-state index contributed by atoms with van der Waals surface area (Å²) in [4.78, 5) is 11.9. The van der Waals surface area contributed by atoms with Crippen molar-refractivity contribution in [1.82, 2.24) is 5.43 Å². The molecule has 6 nitrogen and oxygen atoms in total. The van der Waals surface area contributed by atoms with E-state index in [1.54, 1.807) is 12.1 Å². The summed E-state index contributed by atoms with van der Waals surface area (Å²) in [6, 6.07) is 23.1. The summed E-state index contributed by atoms with van der Waals surface area (Å²) in [5.41, 5.74) is 6.03. The molecule has 0 aliphatic rings. The molecule has 142 valence electrons. The van der Waals surface area contributed by atoms with Gasteiger partial charge in [-0.2, -0.15) is 10.2 Å². The van der Waals surface area contributed by atoms with E-state index < -0.39 is 0 Å². The van der Waals surface area contributed by atoms with Gasteiger partial charge in [0.2, 0.25) is 0 Å². The van der Waals surface area contributed by atoms with Crippen molar-refractivity contribution < 1.29 is 9.21 Å². The summed E-state index contributed by atoms with van der Waals surface area (Å²) in [6.07, 6.45) is 1.97. The third-order valence-electron chi connectivity index (χ3n) is 3.88. The zero-order valence-electron chi connectivity index (χ0n) is 15.9. The number of nitrogens with zero attached hydrogens (tertiary/aromatic N) is 3. The van der Waals surface area contributed by atoms with Gasteiger partial charge in [-0.15, -0.1) is 0 Å². The van der Waals surface area contributed by atoms with Gasteiger partial charge in [0.1, 0.15) is 0 Å². The van der Waals surface area contributed by atoms with Crippen molar-refractivity contribution in [1.29, 1.82) is 0 Å². The summed E-state index contributed by atoms with van der Waals surface area (Å²) in [5, 5.41) is 10.8. The Balaban J connectivity index is 1.73. The third kappa shape index (κ3) is 5.17. The number of carbonyl (C=O) groups is 1. The van der Waals surface area contributed by atoms with Crippen LogP contribution in [-0.4, -0.2) is 17.3 Å². The van der Waals surface area contributed by atoms with Gasteiger partial charge in [-0.05, 0) is 50.2 Å². The molecule has 0 radical (unpaired) electrons. The Kier molecular flexibility index (Phi) is 6.36. The molecule has 0 aliphatic heterocycles. The maximum atomic E-state index is 11.9. The van der Waals surface area contributed by atoms with Gasteiger partial charge < -0.3 is 4.42 Å². The second kappa shape index (κ2) is 9.32. The van der Waals surface area contributed by atoms with Crippen LogP contribution in [0.15, 0.2) is 93.7 Å². The molecule has 3 aromatic rings. The van der Waals surface area contributed by atoms with Crippen LogP contribution in [0.1, 0.15) is 30.8 Å². The second-order valence-electron chi connectivity index (χ2n) is 6.26. The van der Waals surface area contributed by atoms with E-state index in [-0.39, 0.29) is 11.7 Å². The average molecular weight is 374 g/mol. The Morgan fingerprint density at radius 3 is 2.04 bits per heavy atom. The first kappa shape index (κ1) is 19.1. The van der Waals surface area contributed by atoms with E-state index in [2.05, 4.69) is 10.5 Å². The van der Waals surface area contributed by atoms with E-state index in [0.29, 0.717) is 6.42 Å². The lowest BCUT2D eigenvalue weighted by molar-refractivity contribution is 0.0927. The lowest BCUT2D eigenvalue weighted by Crippen LogP contribution is -2.19. The Hall–Kier alpha value is -3.67. The van der Waals surface area contributed by atoms with Crippen molar-refractivity contribution >= 4 is 28.7 Å². The molecule has 6 heteroatoms. The predicted molar refractivity (Wildman–Crippen MR) is 112 cm³/mol. The third-order valence-corrected chi connectivity index (χ3v) is 3.88. The zero-order valence-corrected chi connectivity index (χ0v) is 15.9. The second-order valence-corrected chi connectivity index (χ2v) is 6.26. The van der Waals surface area contributed by atoms with Crippen LogP contribution in [0.5, 0.6) is 0 Å². The summed E-state index contributed by atoms with van der Waals surface area (Å²) in [5.74, 6) is -0.157. The molecule has 1 amide bonds. The van der Waals surface area contributed by atoms with Gasteiger partial charge >= 0.3 is 5.91 Å². The first-order valence-electron chi connectivity index (χ1n) is 8.95. The number of hydrogen-bond donors (Lipinski definition) is 1. The van der Waals surface area contributed by atoms with Gasteiger partial charge in [0, 0.05) is 17.8 Å². The number of carbonyl (C=O) groups excluding carboxylic acids is 1. The lowest BCUT2D eigenvalue weighted by atomic mass is 10.2. The Morgan fingerprint density at radius 2 is 1.50 bits per heavy atom. The highest BCUT2D eigenvalue weighted by Crippen LogP contribution is 2.25. The van der Waals surface area contributed by atoms with Crippen LogP contribution in [0.25, 0.3) is 0 Å². The molecular formula is C22H22N4O2. The molecule has 3 rings (SSSR count). The minimum Gasteiger partial charge on any atom is -0.459 e. The fourth-order valence-electron chi connectivity index (χ4n) is 2.63. The molecule has 0 spiro atoms. The Morgan fingerprint density at radius 1 is 0.893 bits per heavy atom. The normalized spacial score (nSPS) is 11.9. The highest BCUT2D eigenvalue weighted by molar-refractivity contribution is 6.03. The molecule has 0 bridgehead atoms. The van der Waals surface area contributed by atoms with Crippen molar-refractivity contribution in [3.8, 4) is 0 Å². The lowest BCUT2D eigenvalue weighted by Gasteiger charge is -2.20. The van der Waals surface area contributed by atoms with Crippen LogP contribution in [-0.2, 0) is 0 Å². The van der Waals surface area contributed by atoms with E-state index in [1.165, 1.54) is 6.26 Å². The van der Waals surface area contributed by atoms with Crippen LogP contribution in [0, 0.1) is 0 Å². The van der Waals surface area contributed by atoms with Crippen molar-refractivity contribution in [2.45, 2.75) is 20.3 Å². The molecule has 0 saturated carbocycles. The molecule has 1 N–H and O–H groups in total. The highest BCUT2D eigenvalue weighted by Gasteiger charge is 2.10. The van der Waals surface area contributed by atoms with Gasteiger partial charge in [0.15, 0.2) is 5.76 Å². The molecule has 0 atom stereocenters. The standard InChI is InChI=1S/C22H22N4O2/c1-17(23-24-22(27)21-14-9-15-28-21)16-18(2)25-26(19-10-5-3-6-11-19)20-12-7-4-8-13-20/h3-15H,16H2,1-2H3,(H,24,27). The van der Waals surface area contributed by atoms with E-state index >= 15 is 0 Å². The number of para-hydroxylation sites is 2. The maximum Gasteiger partial charge on any atom is 0.307 e. The molecule has 28 heavy (non-hydrogen) atoms. The number of rotatable bonds is 7. The van der Waals surface area contributed by atoms with Crippen LogP contribution < -0.4 is 10.4 Å². The van der Waals surface area contributed by atoms with E-state index in [1.807, 2.05) is 79.5 Å². The molecular weight excluding hydrogens is 352 g/mol. The molecule has 0 saturated heterocycles. The summed E-state index contributed by atoms with van der Waals surface area (Å²) in [7, 11) is 0. The fourth-order valence-corrected chi connectivity index (χ4v) is 2.63. The molecule has 0 unspecified atom stereocenters. The molecule has 1 aromatic heterocycles. The largest absolute Gasteiger partial charge is 0.459 e. The first-order chi connectivity index (χ1) is 13.6. The molecule has 2 aromatic carbocycles. The number of hydrogen-bond acceptors (Lipinski definition) is 5. The van der Waals surface area contributed by atoms with Crippen LogP contribution in [0.4, 0.5) is 11.4 Å². The van der Waals surface area contributed by atoms with Gasteiger partial charge in [-0.3, -0.25) is 4.79 Å². The molecule has 0 fully saturated rings. The predicted octanol–water partition coefficient (Wildman–Crippen LogP) is 4.99. The molecule has 1 heterocycles. The summed E-state index contributed by atoms with van der Waals surface area (Å²) in [6.45, 7) is 3.78. The van der Waals surface area contributed by atoms with E-state index in [0.717, 1.165) is 22.8 Å². The number of hydrazone groups is 2. The number of nitrogens with one attached hydrogen (secondary N) is 1. The zero-order chi connectivity index (χ0) is 19.8. The SMILES string of the molecule is CC(CC(C)=NN(c1ccccc1)c1ccccc1)=NNC(=O)c1ccco1. The topological polar surface area (TPSA) is 70.2 Å². The van der Waals surface area contributed by atoms with E-state index in [4.69, 9.17) is 9.52 Å². The Bertz CT molecular complexity index is 909. The first-order valence-corrected chi connectivity index (χ1v) is 8.95. The van der Waals surface area contributed by atoms with Crippen LogP contribution in [0.2, 0.25) is 0 Å². The van der Waals surface area contributed by atoms with Crippen molar-refractivity contribution in [3.63, 3.8) is 0 Å². The minimum absolute atomic E-state index is 0.223. The quantitative estimate of drug-likeness (QED) is 0.468. The molecule has 0 aliphatic carbocycles. The highest BCUT2D eigenvalue weighted by atomic mass is 16.3. The van der Waals surface area contributed by atoms with Gasteiger partial charge in [-0.1, -0.05) is 36.4 Å². The van der Waals surface area contributed by atoms with Gasteiger partial charge in [0.25, 0.3) is 0 Å². The monoisotopic (exact) mass is 374 g/mol. The smallest absolute Gasteiger partial charge is 0.307 e. The average Bonchev–Trinajstić information content (AvgIpc) is 3.26. The van der Waals surface area contributed by atoms with Crippen molar-refractivity contribution in [3.05, 3.63) is 84.8 Å². The van der Waals surface area contributed by atoms with Gasteiger partial charge in [0.05, 0.1) is 17.6 Å². The number of amides is 1. The fraction of sp³-hybridized carbons (Fsp3) is 0.136. The summed E-state index contributed by atoms with van der Waals surface area (Å²) >= 11 is 0. The number of furan rings is 1. The minimum atomic E-state index is -0.380. The van der Waals surface area contributed by atoms with Crippen molar-refractivity contribution in [2.75, 3.05) is 5.01 Å². The number of benzene rings is 2.